The van der Waals surface area contributed by atoms with Crippen molar-refractivity contribution >= 4 is 28.5 Å². The third-order valence-corrected chi connectivity index (χ3v) is 3.99. The van der Waals surface area contributed by atoms with E-state index in [9.17, 15) is 0 Å². The van der Waals surface area contributed by atoms with Gasteiger partial charge in [0, 0.05) is 24.0 Å². The smallest absolute Gasteiger partial charge is 0.302 e. The molecular weight excluding hydrogens is 262 g/mol. The number of aromatic nitrogens is 1. The molecule has 106 valence electrons. The molecule has 0 amide bonds. The molecule has 0 unspecified atom stereocenters. The summed E-state index contributed by atoms with van der Waals surface area (Å²) in [7, 11) is 0. The number of hydrogen-bond donors (Lipinski definition) is 1. The zero-order valence-electron chi connectivity index (χ0n) is 12.0. The zero-order chi connectivity index (χ0) is 14.4. The Hall–Kier alpha value is -2.49. The quantitative estimate of drug-likeness (QED) is 0.688. The van der Waals surface area contributed by atoms with Gasteiger partial charge in [0.25, 0.3) is 0 Å². The highest BCUT2D eigenvalue weighted by atomic mass is 16.4. The summed E-state index contributed by atoms with van der Waals surface area (Å²) in [4.78, 5) is 6.76. The van der Waals surface area contributed by atoms with E-state index in [2.05, 4.69) is 35.0 Å². The summed E-state index contributed by atoms with van der Waals surface area (Å²) in [6.45, 7) is 3.06. The Balaban J connectivity index is 1.82. The predicted octanol–water partition coefficient (Wildman–Crippen LogP) is 3.80. The van der Waals surface area contributed by atoms with E-state index < -0.39 is 0 Å². The van der Waals surface area contributed by atoms with Crippen molar-refractivity contribution < 1.29 is 4.42 Å². The van der Waals surface area contributed by atoms with Crippen LogP contribution in [0.15, 0.2) is 40.8 Å². The van der Waals surface area contributed by atoms with Gasteiger partial charge >= 0.3 is 6.01 Å². The van der Waals surface area contributed by atoms with Crippen LogP contribution in [0.5, 0.6) is 0 Å². The number of fused-ring (bicyclic) bond motifs is 2. The molecule has 2 heterocycles. The number of anilines is 3. The maximum absolute atomic E-state index is 5.91. The third-order valence-electron chi connectivity index (χ3n) is 3.99. The van der Waals surface area contributed by atoms with E-state index >= 15 is 0 Å². The highest BCUT2D eigenvalue weighted by Crippen LogP contribution is 2.35. The van der Waals surface area contributed by atoms with Crippen molar-refractivity contribution in [3.63, 3.8) is 0 Å². The molecule has 3 aromatic rings. The van der Waals surface area contributed by atoms with Gasteiger partial charge in [-0.1, -0.05) is 17.7 Å². The monoisotopic (exact) mass is 279 g/mol. The zero-order valence-corrected chi connectivity index (χ0v) is 12.0. The summed E-state index contributed by atoms with van der Waals surface area (Å²) in [5, 5.41) is 0. The van der Waals surface area contributed by atoms with Gasteiger partial charge in [0.2, 0.25) is 0 Å². The lowest BCUT2D eigenvalue weighted by atomic mass is 10.00. The summed E-state index contributed by atoms with van der Waals surface area (Å²) < 4.78 is 5.91. The van der Waals surface area contributed by atoms with Crippen LogP contribution in [-0.4, -0.2) is 11.5 Å². The summed E-state index contributed by atoms with van der Waals surface area (Å²) in [6.07, 6.45) is 2.22. The summed E-state index contributed by atoms with van der Waals surface area (Å²) in [6, 6.07) is 12.8. The van der Waals surface area contributed by atoms with Gasteiger partial charge in [-0.3, -0.25) is 4.90 Å². The molecule has 1 aliphatic heterocycles. The van der Waals surface area contributed by atoms with E-state index in [0.29, 0.717) is 11.7 Å². The van der Waals surface area contributed by atoms with Crippen molar-refractivity contribution in [1.82, 2.24) is 4.98 Å². The molecule has 2 N–H and O–H groups in total. The van der Waals surface area contributed by atoms with Gasteiger partial charge in [-0.15, -0.1) is 0 Å². The Morgan fingerprint density at radius 3 is 3.00 bits per heavy atom. The first kappa shape index (κ1) is 12.3. The predicted molar refractivity (Wildman–Crippen MR) is 84.9 cm³/mol. The molecule has 1 aromatic heterocycles. The van der Waals surface area contributed by atoms with E-state index in [4.69, 9.17) is 10.2 Å². The topological polar surface area (TPSA) is 55.3 Å². The van der Waals surface area contributed by atoms with Gasteiger partial charge in [0.15, 0.2) is 5.58 Å². The minimum Gasteiger partial charge on any atom is -0.423 e. The minimum absolute atomic E-state index is 0.653. The van der Waals surface area contributed by atoms with Gasteiger partial charge in [0.1, 0.15) is 5.52 Å². The molecule has 0 spiro atoms. The summed E-state index contributed by atoms with van der Waals surface area (Å²) in [5.74, 6) is 0. The van der Waals surface area contributed by atoms with Gasteiger partial charge in [-0.25, -0.2) is 0 Å². The van der Waals surface area contributed by atoms with E-state index in [0.717, 1.165) is 30.5 Å². The maximum Gasteiger partial charge on any atom is 0.302 e. The summed E-state index contributed by atoms with van der Waals surface area (Å²) >= 11 is 0. The van der Waals surface area contributed by atoms with Gasteiger partial charge in [0.05, 0.1) is 0 Å². The van der Waals surface area contributed by atoms with Crippen LogP contribution < -0.4 is 10.6 Å². The molecule has 4 nitrogen and oxygen atoms in total. The lowest BCUT2D eigenvalue weighted by molar-refractivity contribution is 0.580. The lowest BCUT2D eigenvalue weighted by Crippen LogP contribution is -2.24. The maximum atomic E-state index is 5.91. The van der Waals surface area contributed by atoms with Gasteiger partial charge < -0.3 is 10.2 Å². The number of nitrogen functional groups attached to an aromatic ring is 1. The van der Waals surface area contributed by atoms with Crippen LogP contribution in [-0.2, 0) is 6.42 Å². The second-order valence-corrected chi connectivity index (χ2v) is 5.61. The molecule has 0 radical (unpaired) electrons. The second kappa shape index (κ2) is 4.52. The first-order valence-electron chi connectivity index (χ1n) is 7.24. The molecule has 1 aliphatic rings. The molecule has 4 rings (SSSR count). The molecule has 0 bridgehead atoms. The van der Waals surface area contributed by atoms with Crippen molar-refractivity contribution in [2.45, 2.75) is 19.8 Å². The van der Waals surface area contributed by atoms with E-state index in [-0.39, 0.29) is 0 Å². The number of nitrogens with zero attached hydrogens (tertiary/aromatic N) is 2. The second-order valence-electron chi connectivity index (χ2n) is 5.61. The van der Waals surface area contributed by atoms with Crippen molar-refractivity contribution in [2.24, 2.45) is 0 Å². The Morgan fingerprint density at radius 2 is 2.10 bits per heavy atom. The number of hydrogen-bond acceptors (Lipinski definition) is 4. The van der Waals surface area contributed by atoms with Gasteiger partial charge in [-0.05, 0) is 43.5 Å². The molecule has 0 saturated heterocycles. The Morgan fingerprint density at radius 1 is 1.19 bits per heavy atom. The Labute approximate surface area is 123 Å². The third kappa shape index (κ3) is 2.03. The first-order chi connectivity index (χ1) is 10.2. The molecule has 0 atom stereocenters. The van der Waals surface area contributed by atoms with Crippen LogP contribution in [0, 0.1) is 6.92 Å². The molecule has 0 aliphatic carbocycles. The SMILES string of the molecule is Cc1ccc2c(c1)CCCN2c1nc2ccc(N)cc2o1. The normalized spacial score (nSPS) is 14.4. The van der Waals surface area contributed by atoms with E-state index in [1.165, 1.54) is 16.8 Å². The number of oxazole rings is 1. The average Bonchev–Trinajstić information content (AvgIpc) is 2.89. The van der Waals surface area contributed by atoms with Crippen molar-refractivity contribution in [1.29, 1.82) is 0 Å². The molecule has 0 saturated carbocycles. The summed E-state index contributed by atoms with van der Waals surface area (Å²) in [5.41, 5.74) is 11.9. The fourth-order valence-corrected chi connectivity index (χ4v) is 2.97. The van der Waals surface area contributed by atoms with Gasteiger partial charge in [-0.2, -0.15) is 4.98 Å². The molecular formula is C17H17N3O. The molecule has 21 heavy (non-hydrogen) atoms. The highest BCUT2D eigenvalue weighted by Gasteiger charge is 2.22. The van der Waals surface area contributed by atoms with Crippen LogP contribution in [0.2, 0.25) is 0 Å². The van der Waals surface area contributed by atoms with Crippen LogP contribution in [0.1, 0.15) is 17.5 Å². The number of benzene rings is 2. The Kier molecular flexibility index (Phi) is 2.64. The average molecular weight is 279 g/mol. The molecule has 2 aromatic carbocycles. The fourth-order valence-electron chi connectivity index (χ4n) is 2.97. The first-order valence-corrected chi connectivity index (χ1v) is 7.24. The van der Waals surface area contributed by atoms with Crippen molar-refractivity contribution in [2.75, 3.05) is 17.2 Å². The molecule has 0 fully saturated rings. The number of rotatable bonds is 1. The largest absolute Gasteiger partial charge is 0.423 e. The standard InChI is InChI=1S/C17H17N3O/c1-11-4-7-15-12(9-11)3-2-8-20(15)17-19-14-6-5-13(18)10-16(14)21-17/h4-7,9-10H,2-3,8,18H2,1H3. The van der Waals surface area contributed by atoms with Crippen molar-refractivity contribution in [3.8, 4) is 0 Å². The van der Waals surface area contributed by atoms with Crippen LogP contribution in [0.25, 0.3) is 11.1 Å². The lowest BCUT2D eigenvalue weighted by Gasteiger charge is -2.28. The molecule has 4 heteroatoms. The van der Waals surface area contributed by atoms with Crippen molar-refractivity contribution in [3.05, 3.63) is 47.5 Å². The number of nitrogens with two attached hydrogens (primary N) is 1. The van der Waals surface area contributed by atoms with Crippen LogP contribution >= 0.6 is 0 Å². The number of aryl methyl sites for hydroxylation is 2. The van der Waals surface area contributed by atoms with Crippen LogP contribution in [0.4, 0.5) is 17.4 Å². The minimum atomic E-state index is 0.653. The van der Waals surface area contributed by atoms with E-state index in [1.807, 2.05) is 18.2 Å². The van der Waals surface area contributed by atoms with Crippen LogP contribution in [0.3, 0.4) is 0 Å². The Bertz CT molecular complexity index is 822. The fraction of sp³-hybridized carbons (Fsp3) is 0.235. The highest BCUT2D eigenvalue weighted by molar-refractivity contribution is 5.79. The van der Waals surface area contributed by atoms with E-state index in [1.54, 1.807) is 0 Å².